The van der Waals surface area contributed by atoms with Crippen LogP contribution in [0.2, 0.25) is 0 Å². The van der Waals surface area contributed by atoms with Gasteiger partial charge in [-0.05, 0) is 30.2 Å². The summed E-state index contributed by atoms with van der Waals surface area (Å²) in [6, 6.07) is 10.3. The largest absolute Gasteiger partial charge is 0.320 e. The van der Waals surface area contributed by atoms with Crippen molar-refractivity contribution >= 4 is 0 Å². The van der Waals surface area contributed by atoms with E-state index in [4.69, 9.17) is 5.73 Å². The van der Waals surface area contributed by atoms with Crippen LogP contribution in [0.1, 0.15) is 22.7 Å². The van der Waals surface area contributed by atoms with Gasteiger partial charge < -0.3 is 5.73 Å². The smallest absolute Gasteiger partial charge is 0.131 e. The Morgan fingerprint density at radius 2 is 1.76 bits per heavy atom. The summed E-state index contributed by atoms with van der Waals surface area (Å²) in [6.07, 6.45) is 0. The number of halogens is 2. The molecule has 3 heteroatoms. The summed E-state index contributed by atoms with van der Waals surface area (Å²) in [6.45, 7) is 1.68. The molecule has 0 bridgehead atoms. The summed E-state index contributed by atoms with van der Waals surface area (Å²) < 4.78 is 26.9. The second kappa shape index (κ2) is 4.63. The average Bonchev–Trinajstić information content (AvgIpc) is 2.32. The molecular weight excluding hydrogens is 220 g/mol. The molecule has 0 radical (unpaired) electrons. The first-order chi connectivity index (χ1) is 8.09. The highest BCUT2D eigenvalue weighted by Crippen LogP contribution is 2.24. The quantitative estimate of drug-likeness (QED) is 0.846. The van der Waals surface area contributed by atoms with Crippen molar-refractivity contribution in [2.45, 2.75) is 13.0 Å². The molecule has 2 aromatic carbocycles. The van der Waals surface area contributed by atoms with E-state index in [1.165, 1.54) is 12.1 Å². The van der Waals surface area contributed by atoms with Crippen LogP contribution in [0, 0.1) is 18.6 Å². The number of hydrogen-bond acceptors (Lipinski definition) is 1. The van der Waals surface area contributed by atoms with Crippen LogP contribution in [0.3, 0.4) is 0 Å². The van der Waals surface area contributed by atoms with E-state index in [0.29, 0.717) is 16.7 Å². The molecule has 2 N–H and O–H groups in total. The van der Waals surface area contributed by atoms with Gasteiger partial charge in [0.2, 0.25) is 0 Å². The Labute approximate surface area is 98.9 Å². The highest BCUT2D eigenvalue weighted by Gasteiger charge is 2.14. The maximum Gasteiger partial charge on any atom is 0.131 e. The average molecular weight is 233 g/mol. The van der Waals surface area contributed by atoms with Crippen LogP contribution in [-0.2, 0) is 0 Å². The molecule has 1 nitrogen and oxygen atoms in total. The molecular formula is C14H13F2N. The highest BCUT2D eigenvalue weighted by molar-refractivity contribution is 5.35. The minimum atomic E-state index is -0.648. The van der Waals surface area contributed by atoms with Gasteiger partial charge in [-0.15, -0.1) is 0 Å². The van der Waals surface area contributed by atoms with E-state index in [1.807, 2.05) is 0 Å². The molecule has 17 heavy (non-hydrogen) atoms. The molecule has 2 aromatic rings. The van der Waals surface area contributed by atoms with Gasteiger partial charge in [-0.25, -0.2) is 8.78 Å². The minimum Gasteiger partial charge on any atom is -0.320 e. The third-order valence-electron chi connectivity index (χ3n) is 2.76. The highest BCUT2D eigenvalue weighted by atomic mass is 19.1. The number of rotatable bonds is 2. The molecule has 0 aliphatic heterocycles. The Kier molecular flexibility index (Phi) is 3.20. The summed E-state index contributed by atoms with van der Waals surface area (Å²) in [7, 11) is 0. The van der Waals surface area contributed by atoms with E-state index in [-0.39, 0.29) is 11.6 Å². The maximum absolute atomic E-state index is 13.9. The normalized spacial score (nSPS) is 12.5. The van der Waals surface area contributed by atoms with Crippen molar-refractivity contribution in [3.05, 3.63) is 70.8 Å². The first-order valence-corrected chi connectivity index (χ1v) is 5.35. The van der Waals surface area contributed by atoms with E-state index in [9.17, 15) is 8.78 Å². The standard InChI is InChI=1S/C14H13F2N/c1-9-4-2-7-12(13(9)16)14(17)10-5-3-6-11(15)8-10/h2-8,14H,17H2,1H3. The van der Waals surface area contributed by atoms with Crippen molar-refractivity contribution in [3.8, 4) is 0 Å². The van der Waals surface area contributed by atoms with Crippen LogP contribution >= 0.6 is 0 Å². The zero-order chi connectivity index (χ0) is 12.4. The predicted molar refractivity (Wildman–Crippen MR) is 63.6 cm³/mol. The molecule has 0 spiro atoms. The molecule has 0 saturated heterocycles. The first kappa shape index (κ1) is 11.7. The molecule has 0 aliphatic carbocycles. The Morgan fingerprint density at radius 3 is 2.47 bits per heavy atom. The van der Waals surface area contributed by atoms with Gasteiger partial charge in [0.1, 0.15) is 11.6 Å². The van der Waals surface area contributed by atoms with Gasteiger partial charge in [0.05, 0.1) is 6.04 Å². The number of aryl methyl sites for hydroxylation is 1. The van der Waals surface area contributed by atoms with Gasteiger partial charge in [0, 0.05) is 5.56 Å². The number of nitrogens with two attached hydrogens (primary N) is 1. The van der Waals surface area contributed by atoms with Crippen LogP contribution in [0.15, 0.2) is 42.5 Å². The molecule has 0 aliphatic rings. The molecule has 1 unspecified atom stereocenters. The monoisotopic (exact) mass is 233 g/mol. The van der Waals surface area contributed by atoms with Crippen LogP contribution in [0.5, 0.6) is 0 Å². The van der Waals surface area contributed by atoms with Crippen molar-refractivity contribution in [1.82, 2.24) is 0 Å². The lowest BCUT2D eigenvalue weighted by atomic mass is 9.97. The molecule has 0 saturated carbocycles. The lowest BCUT2D eigenvalue weighted by molar-refractivity contribution is 0.588. The fourth-order valence-electron chi connectivity index (χ4n) is 1.79. The topological polar surface area (TPSA) is 26.0 Å². The van der Waals surface area contributed by atoms with E-state index < -0.39 is 6.04 Å². The van der Waals surface area contributed by atoms with E-state index >= 15 is 0 Å². The van der Waals surface area contributed by atoms with Gasteiger partial charge in [-0.2, -0.15) is 0 Å². The van der Waals surface area contributed by atoms with E-state index in [2.05, 4.69) is 0 Å². The van der Waals surface area contributed by atoms with Gasteiger partial charge in [-0.3, -0.25) is 0 Å². The Balaban J connectivity index is 2.44. The summed E-state index contributed by atoms with van der Waals surface area (Å²) in [5.74, 6) is -0.699. The Hall–Kier alpha value is -1.74. The third-order valence-corrected chi connectivity index (χ3v) is 2.76. The summed E-state index contributed by atoms with van der Waals surface area (Å²) in [5, 5.41) is 0. The summed E-state index contributed by atoms with van der Waals surface area (Å²) in [5.41, 5.74) is 7.43. The van der Waals surface area contributed by atoms with E-state index in [1.54, 1.807) is 37.3 Å². The SMILES string of the molecule is Cc1cccc(C(N)c2cccc(F)c2)c1F. The van der Waals surface area contributed by atoms with Crippen molar-refractivity contribution in [3.63, 3.8) is 0 Å². The Bertz CT molecular complexity index is 537. The molecule has 1 atom stereocenters. The zero-order valence-electron chi connectivity index (χ0n) is 9.45. The van der Waals surface area contributed by atoms with Crippen molar-refractivity contribution < 1.29 is 8.78 Å². The maximum atomic E-state index is 13.9. The van der Waals surface area contributed by atoms with Crippen LogP contribution in [0.25, 0.3) is 0 Å². The second-order valence-corrected chi connectivity index (χ2v) is 4.01. The van der Waals surface area contributed by atoms with Gasteiger partial charge >= 0.3 is 0 Å². The molecule has 0 heterocycles. The van der Waals surface area contributed by atoms with Crippen LogP contribution in [-0.4, -0.2) is 0 Å². The fraction of sp³-hybridized carbons (Fsp3) is 0.143. The van der Waals surface area contributed by atoms with Crippen molar-refractivity contribution in [2.24, 2.45) is 5.73 Å². The van der Waals surface area contributed by atoms with Crippen LogP contribution in [0.4, 0.5) is 8.78 Å². The molecule has 0 amide bonds. The molecule has 0 aromatic heterocycles. The van der Waals surface area contributed by atoms with Crippen molar-refractivity contribution in [1.29, 1.82) is 0 Å². The zero-order valence-corrected chi connectivity index (χ0v) is 9.45. The Morgan fingerprint density at radius 1 is 1.06 bits per heavy atom. The third kappa shape index (κ3) is 2.34. The number of hydrogen-bond donors (Lipinski definition) is 1. The van der Waals surface area contributed by atoms with Crippen LogP contribution < -0.4 is 5.73 Å². The van der Waals surface area contributed by atoms with Gasteiger partial charge in [0.25, 0.3) is 0 Å². The van der Waals surface area contributed by atoms with Gasteiger partial charge in [-0.1, -0.05) is 30.3 Å². The first-order valence-electron chi connectivity index (χ1n) is 5.35. The molecule has 0 fully saturated rings. The predicted octanol–water partition coefficient (Wildman–Crippen LogP) is 3.32. The minimum absolute atomic E-state index is 0.329. The molecule has 88 valence electrons. The number of benzene rings is 2. The summed E-state index contributed by atoms with van der Waals surface area (Å²) >= 11 is 0. The lowest BCUT2D eigenvalue weighted by Gasteiger charge is -2.14. The lowest BCUT2D eigenvalue weighted by Crippen LogP contribution is -2.14. The fourth-order valence-corrected chi connectivity index (χ4v) is 1.79. The van der Waals surface area contributed by atoms with E-state index in [0.717, 1.165) is 0 Å². The van der Waals surface area contributed by atoms with Gasteiger partial charge in [0.15, 0.2) is 0 Å². The summed E-state index contributed by atoms with van der Waals surface area (Å²) in [4.78, 5) is 0. The molecule has 2 rings (SSSR count). The second-order valence-electron chi connectivity index (χ2n) is 4.01. The van der Waals surface area contributed by atoms with Crippen molar-refractivity contribution in [2.75, 3.05) is 0 Å².